The van der Waals surface area contributed by atoms with Crippen molar-refractivity contribution in [2.75, 3.05) is 18.1 Å². The highest BCUT2D eigenvalue weighted by Crippen LogP contribution is 2.30. The summed E-state index contributed by atoms with van der Waals surface area (Å²) < 4.78 is 28.9. The predicted molar refractivity (Wildman–Crippen MR) is 91.4 cm³/mol. The molecule has 0 radical (unpaired) electrons. The molecule has 2 N–H and O–H groups in total. The zero-order chi connectivity index (χ0) is 15.5. The Kier molecular flexibility index (Phi) is 5.93. The molecule has 0 saturated heterocycles. The molecular formula is C13H20BrN3O2S2. The van der Waals surface area contributed by atoms with E-state index in [1.165, 1.54) is 0 Å². The van der Waals surface area contributed by atoms with Crippen molar-refractivity contribution in [1.29, 1.82) is 0 Å². The van der Waals surface area contributed by atoms with Crippen LogP contribution in [0.25, 0.3) is 0 Å². The Morgan fingerprint density at radius 1 is 1.48 bits per heavy atom. The lowest BCUT2D eigenvalue weighted by atomic mass is 10.3. The van der Waals surface area contributed by atoms with Crippen molar-refractivity contribution < 1.29 is 8.42 Å². The molecule has 1 fully saturated rings. The molecule has 0 aliphatic heterocycles. The van der Waals surface area contributed by atoms with Crippen molar-refractivity contribution in [3.63, 3.8) is 0 Å². The minimum Gasteiger partial charge on any atom is -0.369 e. The van der Waals surface area contributed by atoms with Gasteiger partial charge in [-0.25, -0.2) is 18.1 Å². The molecule has 1 heterocycles. The molecule has 0 bridgehead atoms. The van der Waals surface area contributed by atoms with Gasteiger partial charge in [-0.1, -0.05) is 6.42 Å². The van der Waals surface area contributed by atoms with Gasteiger partial charge in [-0.05, 0) is 48.0 Å². The molecule has 8 heteroatoms. The Bertz CT molecular complexity index is 595. The maximum Gasteiger partial charge on any atom is 0.244 e. The van der Waals surface area contributed by atoms with Crippen LogP contribution in [0.15, 0.2) is 21.6 Å². The highest BCUT2D eigenvalue weighted by atomic mass is 79.9. The minimum atomic E-state index is -3.58. The van der Waals surface area contributed by atoms with Crippen LogP contribution in [0.5, 0.6) is 0 Å². The molecule has 5 nitrogen and oxygen atoms in total. The molecule has 1 saturated carbocycles. The quantitative estimate of drug-likeness (QED) is 0.777. The fourth-order valence-corrected chi connectivity index (χ4v) is 5.50. The van der Waals surface area contributed by atoms with Crippen LogP contribution in [0.4, 0.5) is 5.82 Å². The summed E-state index contributed by atoms with van der Waals surface area (Å²) in [6, 6.07) is 1.59. The summed E-state index contributed by atoms with van der Waals surface area (Å²) in [7, 11) is -3.58. The highest BCUT2D eigenvalue weighted by Gasteiger charge is 2.32. The van der Waals surface area contributed by atoms with Gasteiger partial charge in [0, 0.05) is 28.5 Å². The fourth-order valence-electron chi connectivity index (χ4n) is 2.53. The molecule has 1 aliphatic carbocycles. The van der Waals surface area contributed by atoms with E-state index in [-0.39, 0.29) is 10.9 Å². The van der Waals surface area contributed by atoms with Gasteiger partial charge < -0.3 is 5.32 Å². The van der Waals surface area contributed by atoms with Crippen molar-refractivity contribution in [2.45, 2.75) is 42.4 Å². The average molecular weight is 394 g/mol. The summed E-state index contributed by atoms with van der Waals surface area (Å²) in [5.41, 5.74) is 0. The second kappa shape index (κ2) is 7.30. The monoisotopic (exact) mass is 393 g/mol. The van der Waals surface area contributed by atoms with Crippen LogP contribution in [-0.2, 0) is 10.0 Å². The van der Waals surface area contributed by atoms with E-state index >= 15 is 0 Å². The standard InChI is InChI=1S/C13H20BrN3O2S2/c1-3-15-13-12(7-9(14)8-16-13)21(18,19)17-10-5-4-6-11(10)20-2/h7-8,10-11,17H,3-6H2,1-2H3,(H,15,16). The van der Waals surface area contributed by atoms with Gasteiger partial charge in [0.1, 0.15) is 10.7 Å². The minimum absolute atomic E-state index is 0.00143. The third-order valence-corrected chi connectivity index (χ3v) is 6.62. The van der Waals surface area contributed by atoms with Gasteiger partial charge in [-0.2, -0.15) is 11.8 Å². The molecule has 1 aromatic rings. The number of pyridine rings is 1. The summed E-state index contributed by atoms with van der Waals surface area (Å²) >= 11 is 5.02. The van der Waals surface area contributed by atoms with E-state index in [1.807, 2.05) is 13.2 Å². The number of sulfonamides is 1. The first-order valence-electron chi connectivity index (χ1n) is 6.92. The molecule has 0 aromatic carbocycles. The molecule has 118 valence electrons. The molecular weight excluding hydrogens is 374 g/mol. The Hall–Kier alpha value is -0.310. The average Bonchev–Trinajstić information content (AvgIpc) is 2.87. The molecule has 0 spiro atoms. The number of hydrogen-bond donors (Lipinski definition) is 2. The Morgan fingerprint density at radius 2 is 2.24 bits per heavy atom. The SMILES string of the molecule is CCNc1ncc(Br)cc1S(=O)(=O)NC1CCCC1SC. The van der Waals surface area contributed by atoms with E-state index in [1.54, 1.807) is 24.0 Å². The lowest BCUT2D eigenvalue weighted by Gasteiger charge is -2.20. The van der Waals surface area contributed by atoms with E-state index in [0.29, 0.717) is 22.1 Å². The molecule has 1 aromatic heterocycles. The summed E-state index contributed by atoms with van der Waals surface area (Å²) in [5, 5.41) is 3.35. The second-order valence-electron chi connectivity index (χ2n) is 4.96. The predicted octanol–water partition coefficient (Wildman–Crippen LogP) is 2.84. The van der Waals surface area contributed by atoms with Gasteiger partial charge in [0.25, 0.3) is 0 Å². The van der Waals surface area contributed by atoms with Gasteiger partial charge >= 0.3 is 0 Å². The maximum absolute atomic E-state index is 12.7. The van der Waals surface area contributed by atoms with Crippen LogP contribution in [0.2, 0.25) is 0 Å². The third kappa shape index (κ3) is 4.12. The summed E-state index contributed by atoms with van der Waals surface area (Å²) in [4.78, 5) is 4.37. The summed E-state index contributed by atoms with van der Waals surface area (Å²) in [6.45, 7) is 2.53. The molecule has 0 amide bonds. The van der Waals surface area contributed by atoms with Crippen molar-refractivity contribution in [1.82, 2.24) is 9.71 Å². The van der Waals surface area contributed by atoms with E-state index < -0.39 is 10.0 Å². The van der Waals surface area contributed by atoms with Crippen LogP contribution >= 0.6 is 27.7 Å². The first-order valence-corrected chi connectivity index (χ1v) is 10.5. The Morgan fingerprint density at radius 3 is 2.90 bits per heavy atom. The smallest absolute Gasteiger partial charge is 0.244 e. The van der Waals surface area contributed by atoms with Gasteiger partial charge in [0.15, 0.2) is 0 Å². The number of hydrogen-bond acceptors (Lipinski definition) is 5. The Labute approximate surface area is 138 Å². The first-order chi connectivity index (χ1) is 9.97. The van der Waals surface area contributed by atoms with Crippen molar-refractivity contribution in [2.24, 2.45) is 0 Å². The maximum atomic E-state index is 12.7. The molecule has 2 rings (SSSR count). The fraction of sp³-hybridized carbons (Fsp3) is 0.615. The topological polar surface area (TPSA) is 71.1 Å². The highest BCUT2D eigenvalue weighted by molar-refractivity contribution is 9.10. The van der Waals surface area contributed by atoms with Crippen molar-refractivity contribution in [3.05, 3.63) is 16.7 Å². The van der Waals surface area contributed by atoms with Crippen LogP contribution in [0, 0.1) is 0 Å². The van der Waals surface area contributed by atoms with Crippen molar-refractivity contribution in [3.8, 4) is 0 Å². The van der Waals surface area contributed by atoms with E-state index in [0.717, 1.165) is 19.3 Å². The normalized spacial score (nSPS) is 22.4. The molecule has 21 heavy (non-hydrogen) atoms. The lowest BCUT2D eigenvalue weighted by molar-refractivity contribution is 0.555. The van der Waals surface area contributed by atoms with Gasteiger partial charge in [0.05, 0.1) is 0 Å². The number of halogens is 1. The van der Waals surface area contributed by atoms with Crippen LogP contribution in [0.3, 0.4) is 0 Å². The first kappa shape index (κ1) is 17.1. The van der Waals surface area contributed by atoms with Gasteiger partial charge in [0.2, 0.25) is 10.0 Å². The number of nitrogens with zero attached hydrogens (tertiary/aromatic N) is 1. The van der Waals surface area contributed by atoms with E-state index in [2.05, 4.69) is 31.0 Å². The zero-order valence-electron chi connectivity index (χ0n) is 12.1. The lowest BCUT2D eigenvalue weighted by Crippen LogP contribution is -2.38. The van der Waals surface area contributed by atoms with Crippen LogP contribution in [0.1, 0.15) is 26.2 Å². The number of rotatable bonds is 6. The van der Waals surface area contributed by atoms with Crippen LogP contribution in [-0.4, -0.2) is 37.5 Å². The third-order valence-electron chi connectivity index (χ3n) is 3.51. The zero-order valence-corrected chi connectivity index (χ0v) is 15.3. The molecule has 2 atom stereocenters. The van der Waals surface area contributed by atoms with E-state index in [9.17, 15) is 8.42 Å². The van der Waals surface area contributed by atoms with Gasteiger partial charge in [-0.3, -0.25) is 0 Å². The number of anilines is 1. The number of thioether (sulfide) groups is 1. The molecule has 1 aliphatic rings. The molecule has 2 unspecified atom stereocenters. The summed E-state index contributed by atoms with van der Waals surface area (Å²) in [5.74, 6) is 0.395. The van der Waals surface area contributed by atoms with Crippen molar-refractivity contribution >= 4 is 43.5 Å². The number of nitrogens with one attached hydrogen (secondary N) is 2. The Balaban J connectivity index is 2.28. The van der Waals surface area contributed by atoms with Gasteiger partial charge in [-0.15, -0.1) is 0 Å². The van der Waals surface area contributed by atoms with Crippen LogP contribution < -0.4 is 10.0 Å². The largest absolute Gasteiger partial charge is 0.369 e. The number of aromatic nitrogens is 1. The van der Waals surface area contributed by atoms with E-state index in [4.69, 9.17) is 0 Å². The summed E-state index contributed by atoms with van der Waals surface area (Å²) in [6.07, 6.45) is 6.64. The second-order valence-corrected chi connectivity index (χ2v) is 8.64.